The molecule has 142 valence electrons. The molecule has 1 amide bonds. The Balaban J connectivity index is 1.65. The molecule has 3 rings (SSSR count). The van der Waals surface area contributed by atoms with E-state index in [0.29, 0.717) is 23.1 Å². The van der Waals surface area contributed by atoms with E-state index in [4.69, 9.17) is 4.74 Å². The van der Waals surface area contributed by atoms with Crippen LogP contribution in [0.4, 0.5) is 11.5 Å². The van der Waals surface area contributed by atoms with E-state index < -0.39 is 11.9 Å². The van der Waals surface area contributed by atoms with Gasteiger partial charge in [-0.05, 0) is 44.0 Å². The number of nitrogens with one attached hydrogen (secondary N) is 2. The first-order chi connectivity index (χ1) is 13.2. The van der Waals surface area contributed by atoms with Crippen molar-refractivity contribution in [2.24, 2.45) is 0 Å². The van der Waals surface area contributed by atoms with E-state index in [0.717, 1.165) is 12.8 Å². The number of ether oxygens (including phenoxy) is 1. The van der Waals surface area contributed by atoms with Crippen LogP contribution < -0.4 is 10.6 Å². The number of hydrogen-bond acceptors (Lipinski definition) is 6. The average molecular weight is 368 g/mol. The third-order valence-corrected chi connectivity index (χ3v) is 4.52. The van der Waals surface area contributed by atoms with Crippen LogP contribution in [0.25, 0.3) is 0 Å². The second kappa shape index (κ2) is 9.12. The summed E-state index contributed by atoms with van der Waals surface area (Å²) in [6.45, 7) is 2.00. The molecule has 0 spiro atoms. The highest BCUT2D eigenvalue weighted by atomic mass is 16.5. The maximum absolute atomic E-state index is 12.5. The minimum atomic E-state index is -0.480. The lowest BCUT2D eigenvalue weighted by molar-refractivity contribution is 0.0527. The summed E-state index contributed by atoms with van der Waals surface area (Å²) in [5.74, 6) is -0.236. The third-order valence-electron chi connectivity index (χ3n) is 4.52. The summed E-state index contributed by atoms with van der Waals surface area (Å²) in [5, 5.41) is 14.2. The van der Waals surface area contributed by atoms with Crippen LogP contribution in [0.15, 0.2) is 36.4 Å². The highest BCUT2D eigenvalue weighted by molar-refractivity contribution is 6.07. The summed E-state index contributed by atoms with van der Waals surface area (Å²) in [7, 11) is 0. The lowest BCUT2D eigenvalue weighted by Gasteiger charge is -2.22. The Morgan fingerprint density at radius 1 is 1.07 bits per heavy atom. The van der Waals surface area contributed by atoms with E-state index in [1.54, 1.807) is 43.3 Å². The van der Waals surface area contributed by atoms with Crippen LogP contribution in [0.2, 0.25) is 0 Å². The van der Waals surface area contributed by atoms with E-state index in [1.807, 2.05) is 0 Å². The monoisotopic (exact) mass is 368 g/mol. The van der Waals surface area contributed by atoms with E-state index in [2.05, 4.69) is 20.8 Å². The van der Waals surface area contributed by atoms with Crippen molar-refractivity contribution in [1.29, 1.82) is 0 Å². The molecule has 0 saturated heterocycles. The van der Waals surface area contributed by atoms with Crippen molar-refractivity contribution in [2.75, 3.05) is 17.2 Å². The van der Waals surface area contributed by atoms with Crippen molar-refractivity contribution in [3.8, 4) is 0 Å². The number of rotatable bonds is 6. The number of hydrogen-bond donors (Lipinski definition) is 2. The van der Waals surface area contributed by atoms with Crippen molar-refractivity contribution < 1.29 is 14.3 Å². The van der Waals surface area contributed by atoms with E-state index in [-0.39, 0.29) is 12.3 Å². The standard InChI is InChI=1S/C20H24N4O3/c1-2-27-20(26)15-10-6-7-11-16(15)22-19(25)17-12-13-18(24-23-17)21-14-8-4-3-5-9-14/h6-7,10-14H,2-5,8-9H2,1H3,(H,21,24)(H,22,25). The molecule has 1 aliphatic rings. The molecule has 27 heavy (non-hydrogen) atoms. The molecule has 2 aromatic rings. The van der Waals surface area contributed by atoms with Gasteiger partial charge in [0.2, 0.25) is 0 Å². The van der Waals surface area contributed by atoms with Gasteiger partial charge in [-0.1, -0.05) is 31.4 Å². The number of carbonyl (C=O) groups excluding carboxylic acids is 2. The van der Waals surface area contributed by atoms with Crippen LogP contribution in [0, 0.1) is 0 Å². The quantitative estimate of drug-likeness (QED) is 0.756. The Morgan fingerprint density at radius 2 is 1.85 bits per heavy atom. The number of esters is 1. The van der Waals surface area contributed by atoms with E-state index in [9.17, 15) is 9.59 Å². The first-order valence-electron chi connectivity index (χ1n) is 9.35. The van der Waals surface area contributed by atoms with Gasteiger partial charge in [0.15, 0.2) is 5.69 Å². The van der Waals surface area contributed by atoms with Crippen LogP contribution in [0.1, 0.15) is 59.9 Å². The topological polar surface area (TPSA) is 93.2 Å². The van der Waals surface area contributed by atoms with Gasteiger partial charge in [0.1, 0.15) is 5.82 Å². The Hall–Kier alpha value is -2.96. The summed E-state index contributed by atoms with van der Waals surface area (Å²) in [4.78, 5) is 24.5. The molecule has 1 aliphatic carbocycles. The molecule has 0 aliphatic heterocycles. The van der Waals surface area contributed by atoms with Crippen molar-refractivity contribution in [3.63, 3.8) is 0 Å². The van der Waals surface area contributed by atoms with Gasteiger partial charge in [0.05, 0.1) is 17.9 Å². The molecule has 0 atom stereocenters. The molecule has 7 nitrogen and oxygen atoms in total. The molecule has 2 N–H and O–H groups in total. The lowest BCUT2D eigenvalue weighted by atomic mass is 9.95. The molecule has 1 heterocycles. The predicted octanol–water partition coefficient (Wildman–Crippen LogP) is 3.65. The Labute approximate surface area is 158 Å². The van der Waals surface area contributed by atoms with Gasteiger partial charge in [-0.25, -0.2) is 4.79 Å². The normalized spacial score (nSPS) is 14.4. The summed E-state index contributed by atoms with van der Waals surface area (Å²) in [6.07, 6.45) is 6.01. The molecular formula is C20H24N4O3. The van der Waals surface area contributed by atoms with Crippen molar-refractivity contribution in [1.82, 2.24) is 10.2 Å². The maximum Gasteiger partial charge on any atom is 0.340 e. The molecule has 1 aromatic heterocycles. The van der Waals surface area contributed by atoms with E-state index in [1.165, 1.54) is 19.3 Å². The first-order valence-corrected chi connectivity index (χ1v) is 9.35. The summed E-state index contributed by atoms with van der Waals surface area (Å²) in [6, 6.07) is 10.5. The number of carbonyl (C=O) groups is 2. The zero-order valence-electron chi connectivity index (χ0n) is 15.4. The fraction of sp³-hybridized carbons (Fsp3) is 0.400. The van der Waals surface area contributed by atoms with Crippen LogP contribution in [-0.2, 0) is 4.74 Å². The van der Waals surface area contributed by atoms with Crippen LogP contribution >= 0.6 is 0 Å². The number of anilines is 2. The fourth-order valence-electron chi connectivity index (χ4n) is 3.15. The molecule has 0 bridgehead atoms. The average Bonchev–Trinajstić information content (AvgIpc) is 2.70. The molecular weight excluding hydrogens is 344 g/mol. The van der Waals surface area contributed by atoms with Gasteiger partial charge in [-0.2, -0.15) is 0 Å². The Kier molecular flexibility index (Phi) is 6.35. The highest BCUT2D eigenvalue weighted by Crippen LogP contribution is 2.21. The number of nitrogens with zero attached hydrogens (tertiary/aromatic N) is 2. The van der Waals surface area contributed by atoms with Gasteiger partial charge in [0.25, 0.3) is 5.91 Å². The third kappa shape index (κ3) is 5.03. The van der Waals surface area contributed by atoms with Crippen molar-refractivity contribution in [3.05, 3.63) is 47.7 Å². The smallest absolute Gasteiger partial charge is 0.340 e. The Morgan fingerprint density at radius 3 is 2.56 bits per heavy atom. The molecule has 0 radical (unpaired) electrons. The largest absolute Gasteiger partial charge is 0.462 e. The van der Waals surface area contributed by atoms with Gasteiger partial charge in [-0.3, -0.25) is 4.79 Å². The van der Waals surface area contributed by atoms with Crippen LogP contribution in [0.3, 0.4) is 0 Å². The second-order valence-electron chi connectivity index (χ2n) is 6.50. The lowest BCUT2D eigenvalue weighted by Crippen LogP contribution is -2.23. The van der Waals surface area contributed by atoms with Gasteiger partial charge >= 0.3 is 5.97 Å². The van der Waals surface area contributed by atoms with Crippen LogP contribution in [-0.4, -0.2) is 34.7 Å². The van der Waals surface area contributed by atoms with E-state index >= 15 is 0 Å². The number of benzene rings is 1. The molecule has 0 unspecified atom stereocenters. The summed E-state index contributed by atoms with van der Waals surface area (Å²) in [5.41, 5.74) is 0.867. The van der Waals surface area contributed by atoms with Gasteiger partial charge in [0, 0.05) is 6.04 Å². The maximum atomic E-state index is 12.5. The number of aromatic nitrogens is 2. The van der Waals surface area contributed by atoms with Gasteiger partial charge < -0.3 is 15.4 Å². The summed E-state index contributed by atoms with van der Waals surface area (Å²) < 4.78 is 5.02. The minimum absolute atomic E-state index is 0.183. The van der Waals surface area contributed by atoms with Crippen LogP contribution in [0.5, 0.6) is 0 Å². The highest BCUT2D eigenvalue weighted by Gasteiger charge is 2.17. The summed E-state index contributed by atoms with van der Waals surface area (Å²) >= 11 is 0. The second-order valence-corrected chi connectivity index (χ2v) is 6.50. The fourth-order valence-corrected chi connectivity index (χ4v) is 3.15. The van der Waals surface area contributed by atoms with Crippen molar-refractivity contribution >= 4 is 23.4 Å². The Bertz CT molecular complexity index is 786. The minimum Gasteiger partial charge on any atom is -0.462 e. The first kappa shape index (κ1) is 18.8. The molecule has 1 fully saturated rings. The number of amides is 1. The van der Waals surface area contributed by atoms with Gasteiger partial charge in [-0.15, -0.1) is 10.2 Å². The molecule has 1 saturated carbocycles. The molecule has 7 heteroatoms. The zero-order chi connectivity index (χ0) is 19.1. The number of para-hydroxylation sites is 1. The molecule has 1 aromatic carbocycles. The van der Waals surface area contributed by atoms with Crippen molar-refractivity contribution in [2.45, 2.75) is 45.1 Å². The zero-order valence-corrected chi connectivity index (χ0v) is 15.4. The predicted molar refractivity (Wildman–Crippen MR) is 103 cm³/mol. The SMILES string of the molecule is CCOC(=O)c1ccccc1NC(=O)c1ccc(NC2CCCCC2)nn1.